The Morgan fingerprint density at radius 1 is 1.22 bits per heavy atom. The summed E-state index contributed by atoms with van der Waals surface area (Å²) in [7, 11) is 0. The highest BCUT2D eigenvalue weighted by molar-refractivity contribution is 7.99. The average molecular weight is 347 g/mol. The highest BCUT2D eigenvalue weighted by Gasteiger charge is 2.21. The quantitative estimate of drug-likeness (QED) is 0.798. The number of benzene rings is 2. The first kappa shape index (κ1) is 16.4. The lowest BCUT2D eigenvalue weighted by molar-refractivity contribution is -0.121. The van der Waals surface area contributed by atoms with Crippen molar-refractivity contribution < 1.29 is 9.18 Å². The predicted molar refractivity (Wildman–Crippen MR) is 94.4 cm³/mol. The van der Waals surface area contributed by atoms with Crippen LogP contribution in [-0.2, 0) is 4.79 Å². The number of hydrogen-bond acceptors (Lipinski definition) is 3. The molecule has 1 N–H and O–H groups in total. The minimum absolute atomic E-state index is 0.0753. The fraction of sp³-hybridized carbons (Fsp3) is 0.278. The molecule has 2 aromatic carbocycles. The molecule has 0 bridgehead atoms. The highest BCUT2D eigenvalue weighted by Crippen LogP contribution is 2.35. The Morgan fingerprint density at radius 2 is 2.00 bits per heavy atom. The molecule has 0 radical (unpaired) electrons. The number of carbonyl (C=O) groups excluding carboxylic acids is 1. The summed E-state index contributed by atoms with van der Waals surface area (Å²) < 4.78 is 12.8. The van der Waals surface area contributed by atoms with Gasteiger partial charge in [-0.15, -0.1) is 23.5 Å². The molecule has 1 atom stereocenters. The maximum Gasteiger partial charge on any atom is 0.221 e. The Labute approximate surface area is 144 Å². The van der Waals surface area contributed by atoms with Gasteiger partial charge in [-0.05, 0) is 42.3 Å². The molecule has 1 aliphatic heterocycles. The predicted octanol–water partition coefficient (Wildman–Crippen LogP) is 4.66. The van der Waals surface area contributed by atoms with Crippen molar-refractivity contribution in [1.82, 2.24) is 5.32 Å². The van der Waals surface area contributed by atoms with Crippen LogP contribution in [0.1, 0.15) is 24.4 Å². The molecule has 0 aliphatic carbocycles. The molecule has 1 amide bonds. The van der Waals surface area contributed by atoms with Crippen LogP contribution >= 0.6 is 23.5 Å². The Morgan fingerprint density at radius 3 is 2.83 bits per heavy atom. The van der Waals surface area contributed by atoms with Crippen molar-refractivity contribution in [3.63, 3.8) is 0 Å². The summed E-state index contributed by atoms with van der Waals surface area (Å²) in [6.45, 7) is 0. The van der Waals surface area contributed by atoms with Gasteiger partial charge in [-0.2, -0.15) is 0 Å². The molecular formula is C18H18FNOS2. The van der Waals surface area contributed by atoms with E-state index in [-0.39, 0.29) is 17.8 Å². The number of fused-ring (bicyclic) bond motifs is 1. The molecule has 0 spiro atoms. The van der Waals surface area contributed by atoms with Crippen LogP contribution in [0, 0.1) is 5.82 Å². The van der Waals surface area contributed by atoms with E-state index in [9.17, 15) is 9.18 Å². The number of hydrogen-bond donors (Lipinski definition) is 1. The first-order valence-corrected chi connectivity index (χ1v) is 9.59. The fourth-order valence-electron chi connectivity index (χ4n) is 2.55. The van der Waals surface area contributed by atoms with Gasteiger partial charge in [-0.3, -0.25) is 4.79 Å². The van der Waals surface area contributed by atoms with E-state index in [1.807, 2.05) is 23.9 Å². The largest absolute Gasteiger partial charge is 0.349 e. The number of halogens is 1. The summed E-state index contributed by atoms with van der Waals surface area (Å²) in [6.07, 6.45) is 1.44. The number of thioether (sulfide) groups is 2. The molecular weight excluding hydrogens is 329 g/mol. The van der Waals surface area contributed by atoms with Crippen LogP contribution in [0.25, 0.3) is 0 Å². The zero-order valence-electron chi connectivity index (χ0n) is 12.6. The summed E-state index contributed by atoms with van der Waals surface area (Å²) in [6, 6.07) is 14.8. The van der Waals surface area contributed by atoms with Gasteiger partial charge >= 0.3 is 0 Å². The van der Waals surface area contributed by atoms with Crippen LogP contribution in [0.5, 0.6) is 0 Å². The minimum atomic E-state index is -0.235. The van der Waals surface area contributed by atoms with Crippen molar-refractivity contribution in [3.8, 4) is 0 Å². The van der Waals surface area contributed by atoms with Crippen molar-refractivity contribution in [2.24, 2.45) is 0 Å². The van der Waals surface area contributed by atoms with E-state index in [1.54, 1.807) is 23.9 Å². The summed E-state index contributed by atoms with van der Waals surface area (Å²) in [4.78, 5) is 14.4. The van der Waals surface area contributed by atoms with E-state index >= 15 is 0 Å². The van der Waals surface area contributed by atoms with E-state index in [4.69, 9.17) is 0 Å². The zero-order valence-corrected chi connectivity index (χ0v) is 14.3. The lowest BCUT2D eigenvalue weighted by atomic mass is 10.0. The molecule has 1 aliphatic rings. The van der Waals surface area contributed by atoms with Crippen molar-refractivity contribution in [3.05, 3.63) is 59.9 Å². The Balaban J connectivity index is 1.49. The number of carbonyl (C=O) groups is 1. The normalized spacial score (nSPS) is 16.7. The summed E-state index contributed by atoms with van der Waals surface area (Å²) in [5.74, 6) is 1.57. The molecule has 2 nitrogen and oxygen atoms in total. The Bertz CT molecular complexity index is 675. The third-order valence-electron chi connectivity index (χ3n) is 3.71. The van der Waals surface area contributed by atoms with Gasteiger partial charge in [0.1, 0.15) is 5.82 Å². The third-order valence-corrected chi connectivity index (χ3v) is 5.84. The molecule has 120 valence electrons. The standard InChI is InChI=1S/C18H18FNOS2/c19-13-5-7-14(8-6-13)22-12-10-18(21)20-16-9-11-23-17-4-2-1-3-15(16)17/h1-8,16H,9-12H2,(H,20,21). The van der Waals surface area contributed by atoms with Crippen molar-refractivity contribution >= 4 is 29.4 Å². The van der Waals surface area contributed by atoms with Gasteiger partial charge in [0, 0.05) is 27.7 Å². The molecule has 0 saturated heterocycles. The molecule has 0 fully saturated rings. The van der Waals surface area contributed by atoms with Crippen LogP contribution in [0.4, 0.5) is 4.39 Å². The zero-order chi connectivity index (χ0) is 16.1. The molecule has 1 heterocycles. The van der Waals surface area contributed by atoms with Gasteiger partial charge < -0.3 is 5.32 Å². The van der Waals surface area contributed by atoms with Gasteiger partial charge in [-0.25, -0.2) is 4.39 Å². The van der Waals surface area contributed by atoms with E-state index < -0.39 is 0 Å². The fourth-order valence-corrected chi connectivity index (χ4v) is 4.53. The second-order valence-electron chi connectivity index (χ2n) is 5.35. The third kappa shape index (κ3) is 4.52. The molecule has 5 heteroatoms. The van der Waals surface area contributed by atoms with E-state index in [1.165, 1.54) is 22.6 Å². The SMILES string of the molecule is O=C(CCSc1ccc(F)cc1)NC1CCSc2ccccc21. The first-order chi connectivity index (χ1) is 11.2. The first-order valence-electron chi connectivity index (χ1n) is 7.62. The molecule has 0 saturated carbocycles. The topological polar surface area (TPSA) is 29.1 Å². The molecule has 1 unspecified atom stereocenters. The van der Waals surface area contributed by atoms with Crippen molar-refractivity contribution in [2.75, 3.05) is 11.5 Å². The van der Waals surface area contributed by atoms with Crippen LogP contribution < -0.4 is 5.32 Å². The lowest BCUT2D eigenvalue weighted by Gasteiger charge is -2.25. The Hall–Kier alpha value is -1.46. The minimum Gasteiger partial charge on any atom is -0.349 e. The van der Waals surface area contributed by atoms with Crippen molar-refractivity contribution in [1.29, 1.82) is 0 Å². The molecule has 23 heavy (non-hydrogen) atoms. The second kappa shape index (κ2) is 7.88. The highest BCUT2D eigenvalue weighted by atomic mass is 32.2. The monoisotopic (exact) mass is 347 g/mol. The number of amides is 1. The van der Waals surface area contributed by atoms with Crippen molar-refractivity contribution in [2.45, 2.75) is 28.7 Å². The maximum absolute atomic E-state index is 12.8. The van der Waals surface area contributed by atoms with Gasteiger partial charge in [0.2, 0.25) is 5.91 Å². The van der Waals surface area contributed by atoms with Gasteiger partial charge in [0.15, 0.2) is 0 Å². The smallest absolute Gasteiger partial charge is 0.221 e. The van der Waals surface area contributed by atoms with E-state index in [2.05, 4.69) is 17.4 Å². The molecule has 0 aromatic heterocycles. The Kier molecular flexibility index (Phi) is 5.62. The van der Waals surface area contributed by atoms with Crippen LogP contribution in [0.2, 0.25) is 0 Å². The summed E-state index contributed by atoms with van der Waals surface area (Å²) in [5.41, 5.74) is 1.23. The molecule has 3 rings (SSSR count). The number of nitrogens with one attached hydrogen (secondary N) is 1. The second-order valence-corrected chi connectivity index (χ2v) is 7.65. The number of rotatable bonds is 5. The van der Waals surface area contributed by atoms with E-state index in [0.29, 0.717) is 12.2 Å². The summed E-state index contributed by atoms with van der Waals surface area (Å²) in [5, 5.41) is 3.14. The molecule has 2 aromatic rings. The van der Waals surface area contributed by atoms with Gasteiger partial charge in [-0.1, -0.05) is 18.2 Å². The van der Waals surface area contributed by atoms with Gasteiger partial charge in [0.25, 0.3) is 0 Å². The maximum atomic E-state index is 12.8. The van der Waals surface area contributed by atoms with Gasteiger partial charge in [0.05, 0.1) is 6.04 Å². The van der Waals surface area contributed by atoms with E-state index in [0.717, 1.165) is 17.1 Å². The average Bonchev–Trinajstić information content (AvgIpc) is 2.57. The van der Waals surface area contributed by atoms with Crippen LogP contribution in [-0.4, -0.2) is 17.4 Å². The lowest BCUT2D eigenvalue weighted by Crippen LogP contribution is -2.30. The van der Waals surface area contributed by atoms with Crippen LogP contribution in [0.3, 0.4) is 0 Å². The summed E-state index contributed by atoms with van der Waals surface area (Å²) >= 11 is 3.42. The van der Waals surface area contributed by atoms with Crippen LogP contribution in [0.15, 0.2) is 58.3 Å².